The van der Waals surface area contributed by atoms with Crippen molar-refractivity contribution < 1.29 is 4.79 Å². The standard InChI is InChI=1S/C16H23N7OS/c1-10-17-12(8-14(18-10)19-16-21-20-11(2)25-16)13-6-5-7-23(13)15(24)9-22(3)4/h8,13H,5-7,9H2,1-4H3,(H,17,18,19,21)/t13-/m0/s1. The summed E-state index contributed by atoms with van der Waals surface area (Å²) >= 11 is 1.48. The number of carbonyl (C=O) groups excluding carboxylic acids is 1. The van der Waals surface area contributed by atoms with Crippen LogP contribution in [0.2, 0.25) is 0 Å². The third-order valence-electron chi connectivity index (χ3n) is 3.98. The van der Waals surface area contributed by atoms with Gasteiger partial charge in [0.15, 0.2) is 0 Å². The molecule has 3 heterocycles. The SMILES string of the molecule is Cc1nc(Nc2nnc(C)s2)cc([C@@H]2CCCN2C(=O)CN(C)C)n1. The fourth-order valence-corrected chi connectivity index (χ4v) is 3.61. The number of likely N-dealkylation sites (tertiary alicyclic amines) is 1. The van der Waals surface area contributed by atoms with Gasteiger partial charge in [-0.25, -0.2) is 9.97 Å². The van der Waals surface area contributed by atoms with Crippen LogP contribution >= 0.6 is 11.3 Å². The van der Waals surface area contributed by atoms with Gasteiger partial charge in [0.1, 0.15) is 16.6 Å². The number of anilines is 2. The van der Waals surface area contributed by atoms with Crippen molar-refractivity contribution in [1.82, 2.24) is 30.0 Å². The molecule has 2 aromatic heterocycles. The van der Waals surface area contributed by atoms with E-state index in [0.29, 0.717) is 23.3 Å². The molecule has 1 atom stereocenters. The Hall–Kier alpha value is -2.13. The van der Waals surface area contributed by atoms with Crippen LogP contribution in [0, 0.1) is 13.8 Å². The number of hydrogen-bond acceptors (Lipinski definition) is 8. The van der Waals surface area contributed by atoms with Gasteiger partial charge in [0, 0.05) is 12.6 Å². The minimum Gasteiger partial charge on any atom is -0.333 e. The maximum atomic E-state index is 12.5. The van der Waals surface area contributed by atoms with Crippen LogP contribution in [-0.4, -0.2) is 63.1 Å². The molecule has 0 unspecified atom stereocenters. The number of nitrogens with zero attached hydrogens (tertiary/aromatic N) is 6. The molecular weight excluding hydrogens is 338 g/mol. The number of nitrogens with one attached hydrogen (secondary N) is 1. The Kier molecular flexibility index (Phi) is 5.24. The Bertz CT molecular complexity index is 761. The van der Waals surface area contributed by atoms with Gasteiger partial charge in [-0.2, -0.15) is 0 Å². The van der Waals surface area contributed by atoms with Crippen molar-refractivity contribution in [3.05, 3.63) is 22.6 Å². The molecule has 8 nitrogen and oxygen atoms in total. The van der Waals surface area contributed by atoms with E-state index in [4.69, 9.17) is 0 Å². The molecule has 1 amide bonds. The largest absolute Gasteiger partial charge is 0.333 e. The van der Waals surface area contributed by atoms with Gasteiger partial charge in [-0.3, -0.25) is 4.79 Å². The van der Waals surface area contributed by atoms with Crippen molar-refractivity contribution >= 4 is 28.2 Å². The van der Waals surface area contributed by atoms with Gasteiger partial charge in [-0.1, -0.05) is 11.3 Å². The molecule has 1 saturated heterocycles. The van der Waals surface area contributed by atoms with Gasteiger partial charge in [0.05, 0.1) is 18.3 Å². The molecule has 0 spiro atoms. The topological polar surface area (TPSA) is 87.1 Å². The molecule has 1 N–H and O–H groups in total. The number of likely N-dealkylation sites (N-methyl/N-ethyl adjacent to an activating group) is 1. The van der Waals surface area contributed by atoms with Gasteiger partial charge in [0.25, 0.3) is 0 Å². The molecule has 134 valence electrons. The van der Waals surface area contributed by atoms with Crippen molar-refractivity contribution in [3.63, 3.8) is 0 Å². The van der Waals surface area contributed by atoms with Crippen LogP contribution in [0.25, 0.3) is 0 Å². The van der Waals surface area contributed by atoms with Gasteiger partial charge >= 0.3 is 0 Å². The molecular formula is C16H23N7OS. The van der Waals surface area contributed by atoms with Gasteiger partial charge < -0.3 is 15.1 Å². The fraction of sp³-hybridized carbons (Fsp3) is 0.562. The lowest BCUT2D eigenvalue weighted by Crippen LogP contribution is -2.37. The third kappa shape index (κ3) is 4.29. The zero-order chi connectivity index (χ0) is 18.0. The van der Waals surface area contributed by atoms with E-state index in [-0.39, 0.29) is 11.9 Å². The van der Waals surface area contributed by atoms with Crippen molar-refractivity contribution in [3.8, 4) is 0 Å². The van der Waals surface area contributed by atoms with E-state index in [1.807, 2.05) is 43.8 Å². The van der Waals surface area contributed by atoms with E-state index in [9.17, 15) is 4.79 Å². The van der Waals surface area contributed by atoms with E-state index in [2.05, 4.69) is 25.5 Å². The second kappa shape index (κ2) is 7.40. The Balaban J connectivity index is 1.82. The van der Waals surface area contributed by atoms with Crippen molar-refractivity contribution in [2.75, 3.05) is 32.5 Å². The summed E-state index contributed by atoms with van der Waals surface area (Å²) in [6.45, 7) is 4.96. The van der Waals surface area contributed by atoms with E-state index in [1.165, 1.54) is 11.3 Å². The van der Waals surface area contributed by atoms with Crippen molar-refractivity contribution in [2.24, 2.45) is 0 Å². The highest BCUT2D eigenvalue weighted by Crippen LogP contribution is 2.32. The molecule has 3 rings (SSSR count). The summed E-state index contributed by atoms with van der Waals surface area (Å²) in [5, 5.41) is 12.9. The first-order valence-electron chi connectivity index (χ1n) is 8.29. The number of aryl methyl sites for hydroxylation is 2. The lowest BCUT2D eigenvalue weighted by Gasteiger charge is -2.26. The quantitative estimate of drug-likeness (QED) is 0.870. The van der Waals surface area contributed by atoms with Crippen LogP contribution in [0.3, 0.4) is 0 Å². The molecule has 1 aliphatic heterocycles. The summed E-state index contributed by atoms with van der Waals surface area (Å²) < 4.78 is 0. The molecule has 0 aliphatic carbocycles. The average Bonchev–Trinajstić information content (AvgIpc) is 3.15. The number of carbonyl (C=O) groups is 1. The van der Waals surface area contributed by atoms with Crippen LogP contribution < -0.4 is 5.32 Å². The Morgan fingerprint density at radius 2 is 2.16 bits per heavy atom. The monoisotopic (exact) mass is 361 g/mol. The summed E-state index contributed by atoms with van der Waals surface area (Å²) in [5.41, 5.74) is 0.876. The Labute approximate surface area is 151 Å². The zero-order valence-electron chi connectivity index (χ0n) is 15.0. The van der Waals surface area contributed by atoms with Crippen LogP contribution in [-0.2, 0) is 4.79 Å². The van der Waals surface area contributed by atoms with E-state index in [1.54, 1.807) is 0 Å². The molecule has 1 fully saturated rings. The fourth-order valence-electron chi connectivity index (χ4n) is 3.02. The molecule has 25 heavy (non-hydrogen) atoms. The number of hydrogen-bond donors (Lipinski definition) is 1. The smallest absolute Gasteiger partial charge is 0.237 e. The molecule has 0 bridgehead atoms. The third-order valence-corrected chi connectivity index (χ3v) is 4.74. The lowest BCUT2D eigenvalue weighted by molar-refractivity contribution is -0.132. The van der Waals surface area contributed by atoms with Gasteiger partial charge in [-0.05, 0) is 40.8 Å². The molecule has 0 radical (unpaired) electrons. The summed E-state index contributed by atoms with van der Waals surface area (Å²) in [4.78, 5) is 25.4. The van der Waals surface area contributed by atoms with Gasteiger partial charge in [-0.15, -0.1) is 10.2 Å². The first kappa shape index (κ1) is 17.7. The Morgan fingerprint density at radius 1 is 1.36 bits per heavy atom. The Morgan fingerprint density at radius 3 is 2.84 bits per heavy atom. The van der Waals surface area contributed by atoms with Crippen molar-refractivity contribution in [1.29, 1.82) is 0 Å². The minimum atomic E-state index is 0.00542. The first-order chi connectivity index (χ1) is 11.9. The summed E-state index contributed by atoms with van der Waals surface area (Å²) in [5.74, 6) is 1.50. The maximum absolute atomic E-state index is 12.5. The molecule has 0 saturated carbocycles. The number of aromatic nitrogens is 4. The predicted molar refractivity (Wildman–Crippen MR) is 96.9 cm³/mol. The number of amides is 1. The normalized spacial score (nSPS) is 17.3. The highest BCUT2D eigenvalue weighted by atomic mass is 32.1. The molecule has 9 heteroatoms. The molecule has 0 aromatic carbocycles. The highest BCUT2D eigenvalue weighted by Gasteiger charge is 2.31. The van der Waals surface area contributed by atoms with E-state index >= 15 is 0 Å². The van der Waals surface area contributed by atoms with Crippen molar-refractivity contribution in [2.45, 2.75) is 32.7 Å². The molecule has 1 aliphatic rings. The van der Waals surface area contributed by atoms with Crippen LogP contribution in [0.5, 0.6) is 0 Å². The van der Waals surface area contributed by atoms with Gasteiger partial charge in [0.2, 0.25) is 11.0 Å². The van der Waals surface area contributed by atoms with E-state index in [0.717, 1.165) is 30.1 Å². The first-order valence-corrected chi connectivity index (χ1v) is 9.11. The zero-order valence-corrected chi connectivity index (χ0v) is 15.8. The maximum Gasteiger partial charge on any atom is 0.237 e. The summed E-state index contributed by atoms with van der Waals surface area (Å²) in [7, 11) is 3.81. The van der Waals surface area contributed by atoms with Crippen LogP contribution in [0.1, 0.15) is 35.4 Å². The highest BCUT2D eigenvalue weighted by molar-refractivity contribution is 7.15. The van der Waals surface area contributed by atoms with Crippen LogP contribution in [0.15, 0.2) is 6.07 Å². The second-order valence-electron chi connectivity index (χ2n) is 6.46. The lowest BCUT2D eigenvalue weighted by atomic mass is 10.1. The average molecular weight is 361 g/mol. The number of rotatable bonds is 5. The summed E-state index contributed by atoms with van der Waals surface area (Å²) in [6.07, 6.45) is 1.91. The predicted octanol–water partition coefficient (Wildman–Crippen LogP) is 1.91. The minimum absolute atomic E-state index is 0.00542. The molecule has 2 aromatic rings. The van der Waals surface area contributed by atoms with Crippen LogP contribution in [0.4, 0.5) is 10.9 Å². The summed E-state index contributed by atoms with van der Waals surface area (Å²) in [6, 6.07) is 1.92. The second-order valence-corrected chi connectivity index (χ2v) is 7.64. The van der Waals surface area contributed by atoms with E-state index < -0.39 is 0 Å².